The molecule has 0 heterocycles. The van der Waals surface area contributed by atoms with Crippen molar-refractivity contribution in [2.75, 3.05) is 13.1 Å². The quantitative estimate of drug-likeness (QED) is 0.500. The summed E-state index contributed by atoms with van der Waals surface area (Å²) in [6.45, 7) is -0.556. The maximum absolute atomic E-state index is 9.24. The summed E-state index contributed by atoms with van der Waals surface area (Å²) in [6, 6.07) is 0. The van der Waals surface area contributed by atoms with Gasteiger partial charge in [-0.25, -0.2) is 0 Å². The van der Waals surface area contributed by atoms with Gasteiger partial charge in [-0.05, 0) is 0 Å². The van der Waals surface area contributed by atoms with Crippen LogP contribution in [0.1, 0.15) is 0 Å². The number of carboxylic acid groups (broad SMARTS) is 2. The number of rotatable bonds is 2. The number of aliphatic carboxylic acids is 2. The first-order valence-corrected chi connectivity index (χ1v) is 5.91. The van der Waals surface area contributed by atoms with E-state index in [1.807, 2.05) is 0 Å². The van der Waals surface area contributed by atoms with Crippen LogP contribution >= 0.6 is 20.2 Å². The molecule has 0 aliphatic heterocycles. The Kier molecular flexibility index (Phi) is 25.7. The van der Waals surface area contributed by atoms with Crippen molar-refractivity contribution in [3.63, 3.8) is 0 Å². The first kappa shape index (κ1) is 18.7. The zero-order valence-corrected chi connectivity index (χ0v) is 9.11. The minimum atomic E-state index is -0.968. The summed E-state index contributed by atoms with van der Waals surface area (Å²) in [5, 5.41) is 15.2. The summed E-state index contributed by atoms with van der Waals surface area (Å²) in [5.41, 5.74) is 9.14. The van der Waals surface area contributed by atoms with Gasteiger partial charge in [0.2, 0.25) is 0 Å². The molecule has 0 spiro atoms. The van der Waals surface area contributed by atoms with Crippen molar-refractivity contribution in [1.82, 2.24) is 0 Å². The number of nitrogens with two attached hydrogens (primary N) is 2. The van der Waals surface area contributed by atoms with E-state index in [0.717, 1.165) is 0 Å². The SMILES string of the molecule is NCC(=O)O.NCC(=O)O.[Cl][Mn][Cl]. The Bertz CT molecular complexity index is 123. The van der Waals surface area contributed by atoms with Crippen molar-refractivity contribution in [1.29, 1.82) is 0 Å². The maximum atomic E-state index is 9.24. The molecule has 0 aliphatic rings. The standard InChI is InChI=1S/2C2H5NO2.2ClH.Mn/c2*3-1-2(4)5;;;/h2*1,3H2,(H,4,5);2*1H;/q;;;;+2/p-2. The van der Waals surface area contributed by atoms with Crippen LogP contribution in [-0.4, -0.2) is 35.2 Å². The van der Waals surface area contributed by atoms with Gasteiger partial charge in [0.1, 0.15) is 0 Å². The topological polar surface area (TPSA) is 127 Å². The molecule has 0 bridgehead atoms. The zero-order valence-electron chi connectivity index (χ0n) is 6.41. The van der Waals surface area contributed by atoms with Crippen LogP contribution in [0.25, 0.3) is 0 Å². The second-order valence-electron chi connectivity index (χ2n) is 1.25. The van der Waals surface area contributed by atoms with Gasteiger partial charge in [-0.15, -0.1) is 0 Å². The average molecular weight is 276 g/mol. The molecule has 0 aliphatic carbocycles. The number of halogens is 2. The molecular formula is C4H10Cl2MnN2O4. The Morgan fingerprint density at radius 1 is 1.08 bits per heavy atom. The van der Waals surface area contributed by atoms with Gasteiger partial charge in [0.15, 0.2) is 0 Å². The van der Waals surface area contributed by atoms with E-state index in [2.05, 4.69) is 11.5 Å². The van der Waals surface area contributed by atoms with Crippen LogP contribution in [-0.2, 0) is 22.7 Å². The molecule has 13 heavy (non-hydrogen) atoms. The van der Waals surface area contributed by atoms with Crippen LogP contribution in [0.2, 0.25) is 0 Å². The van der Waals surface area contributed by atoms with Crippen LogP contribution in [0, 0.1) is 0 Å². The average Bonchev–Trinajstić information content (AvgIpc) is 2.07. The molecule has 0 amide bonds. The summed E-state index contributed by atoms with van der Waals surface area (Å²) in [5.74, 6) is -1.94. The molecule has 0 aromatic rings. The van der Waals surface area contributed by atoms with Crippen molar-refractivity contribution in [2.24, 2.45) is 11.5 Å². The van der Waals surface area contributed by atoms with E-state index in [-0.39, 0.29) is 26.2 Å². The van der Waals surface area contributed by atoms with Gasteiger partial charge in [-0.3, -0.25) is 9.59 Å². The fraction of sp³-hybridized carbons (Fsp3) is 0.500. The van der Waals surface area contributed by atoms with Crippen LogP contribution in [0.3, 0.4) is 0 Å². The molecule has 0 aromatic carbocycles. The van der Waals surface area contributed by atoms with Crippen molar-refractivity contribution < 1.29 is 32.9 Å². The van der Waals surface area contributed by atoms with Crippen molar-refractivity contribution in [3.05, 3.63) is 0 Å². The number of hydrogen-bond acceptors (Lipinski definition) is 4. The van der Waals surface area contributed by atoms with Gasteiger partial charge in [-0.2, -0.15) is 0 Å². The van der Waals surface area contributed by atoms with Gasteiger partial charge >= 0.3 is 45.3 Å². The fourth-order valence-corrected chi connectivity index (χ4v) is 0. The van der Waals surface area contributed by atoms with Gasteiger partial charge in [0.25, 0.3) is 0 Å². The molecule has 81 valence electrons. The second-order valence-corrected chi connectivity index (χ2v) is 3.20. The van der Waals surface area contributed by atoms with Gasteiger partial charge < -0.3 is 21.7 Å². The summed E-state index contributed by atoms with van der Waals surface area (Å²) >= 11 is 0.00694. The van der Waals surface area contributed by atoms with Crippen LogP contribution in [0.15, 0.2) is 0 Å². The molecule has 0 rings (SSSR count). The number of hydrogen-bond donors (Lipinski definition) is 4. The zero-order chi connectivity index (χ0) is 11.3. The van der Waals surface area contributed by atoms with Crippen molar-refractivity contribution >= 4 is 32.1 Å². The Morgan fingerprint density at radius 2 is 1.15 bits per heavy atom. The number of carboxylic acids is 2. The third kappa shape index (κ3) is 75.7. The van der Waals surface area contributed by atoms with E-state index in [1.54, 1.807) is 0 Å². The number of carbonyl (C=O) groups is 2. The monoisotopic (exact) mass is 275 g/mol. The molecule has 6 nitrogen and oxygen atoms in total. The molecule has 0 radical (unpaired) electrons. The molecule has 0 fully saturated rings. The Morgan fingerprint density at radius 3 is 1.15 bits per heavy atom. The predicted molar refractivity (Wildman–Crippen MR) is 45.1 cm³/mol. The van der Waals surface area contributed by atoms with Gasteiger partial charge in [-0.1, -0.05) is 0 Å². The Labute approximate surface area is 89.8 Å². The third-order valence-electron chi connectivity index (χ3n) is 0.349. The van der Waals surface area contributed by atoms with E-state index >= 15 is 0 Å². The molecular weight excluding hydrogens is 266 g/mol. The first-order valence-electron chi connectivity index (χ1n) is 2.66. The fourth-order valence-electron chi connectivity index (χ4n) is 0. The normalized spacial score (nSPS) is 7.08. The van der Waals surface area contributed by atoms with E-state index in [1.165, 1.54) is 0 Å². The van der Waals surface area contributed by atoms with Crippen LogP contribution in [0.4, 0.5) is 0 Å². The Balaban J connectivity index is -0.000000120. The van der Waals surface area contributed by atoms with E-state index < -0.39 is 11.9 Å². The van der Waals surface area contributed by atoms with Crippen molar-refractivity contribution in [3.8, 4) is 0 Å². The second kappa shape index (κ2) is 17.9. The molecule has 9 heteroatoms. The van der Waals surface area contributed by atoms with E-state index in [4.69, 9.17) is 30.4 Å². The van der Waals surface area contributed by atoms with Crippen LogP contribution in [0.5, 0.6) is 0 Å². The summed E-state index contributed by atoms with van der Waals surface area (Å²) in [4.78, 5) is 18.5. The predicted octanol–water partition coefficient (Wildman–Crippen LogP) is -0.564. The van der Waals surface area contributed by atoms with Crippen LogP contribution < -0.4 is 11.5 Å². The molecule has 0 aromatic heterocycles. The summed E-state index contributed by atoms with van der Waals surface area (Å²) in [6.07, 6.45) is 0. The Hall–Kier alpha value is -0.0405. The third-order valence-corrected chi connectivity index (χ3v) is 0.349. The van der Waals surface area contributed by atoms with Gasteiger partial charge in [0.05, 0.1) is 13.1 Å². The van der Waals surface area contributed by atoms with Crippen molar-refractivity contribution in [2.45, 2.75) is 0 Å². The molecule has 6 N–H and O–H groups in total. The minimum absolute atomic E-state index is 0.00694. The molecule has 0 unspecified atom stereocenters. The van der Waals surface area contributed by atoms with E-state index in [0.29, 0.717) is 0 Å². The van der Waals surface area contributed by atoms with Gasteiger partial charge in [0, 0.05) is 0 Å². The molecule has 0 atom stereocenters. The first-order chi connectivity index (χ1) is 5.95. The summed E-state index contributed by atoms with van der Waals surface area (Å²) in [7, 11) is 9.59. The molecule has 0 saturated heterocycles. The molecule has 0 saturated carbocycles. The van der Waals surface area contributed by atoms with E-state index in [9.17, 15) is 9.59 Å². The summed E-state index contributed by atoms with van der Waals surface area (Å²) < 4.78 is 0.